The third-order valence-corrected chi connectivity index (χ3v) is 6.88. The Balaban J connectivity index is 1.43. The lowest BCUT2D eigenvalue weighted by Gasteiger charge is -2.40. The summed E-state index contributed by atoms with van der Waals surface area (Å²) in [5, 5.41) is 14.2. The second-order valence-corrected chi connectivity index (χ2v) is 9.49. The Kier molecular flexibility index (Phi) is 6.44. The van der Waals surface area contributed by atoms with Crippen molar-refractivity contribution in [1.82, 2.24) is 20.2 Å². The Hall–Kier alpha value is -2.58. The van der Waals surface area contributed by atoms with Crippen molar-refractivity contribution in [3.05, 3.63) is 53.7 Å². The van der Waals surface area contributed by atoms with E-state index in [1.807, 2.05) is 24.0 Å². The fraction of sp³-hybridized carbons (Fsp3) is 0.542. The molecule has 172 valence electrons. The van der Waals surface area contributed by atoms with E-state index in [4.69, 9.17) is 0 Å². The number of aryl methyl sites for hydroxylation is 1. The van der Waals surface area contributed by atoms with E-state index < -0.39 is 11.0 Å². The van der Waals surface area contributed by atoms with Gasteiger partial charge in [-0.1, -0.05) is 12.1 Å². The number of hydrogen-bond acceptors (Lipinski definition) is 6. The molecule has 2 aromatic rings. The third-order valence-electron chi connectivity index (χ3n) is 6.88. The molecular formula is C24H32FN5O2. The van der Waals surface area contributed by atoms with E-state index in [0.717, 1.165) is 30.2 Å². The van der Waals surface area contributed by atoms with E-state index in [-0.39, 0.29) is 18.3 Å². The molecule has 0 radical (unpaired) electrons. The first-order valence-corrected chi connectivity index (χ1v) is 11.2. The average molecular weight is 442 g/mol. The summed E-state index contributed by atoms with van der Waals surface area (Å²) in [7, 11) is 2.05. The summed E-state index contributed by atoms with van der Waals surface area (Å²) in [6.07, 6.45) is 3.98. The zero-order chi connectivity index (χ0) is 22.8. The van der Waals surface area contributed by atoms with Crippen LogP contribution in [0.4, 0.5) is 10.2 Å². The number of aliphatic hydroxyl groups is 1. The number of halogens is 1. The molecule has 2 fully saturated rings. The Morgan fingerprint density at radius 2 is 1.97 bits per heavy atom. The van der Waals surface area contributed by atoms with E-state index in [0.29, 0.717) is 38.8 Å². The van der Waals surface area contributed by atoms with E-state index >= 15 is 0 Å². The molecule has 1 aromatic heterocycles. The van der Waals surface area contributed by atoms with Crippen molar-refractivity contribution in [2.24, 2.45) is 5.41 Å². The summed E-state index contributed by atoms with van der Waals surface area (Å²) >= 11 is 0. The van der Waals surface area contributed by atoms with Crippen LogP contribution < -0.4 is 10.2 Å². The van der Waals surface area contributed by atoms with Gasteiger partial charge in [0.05, 0.1) is 5.41 Å². The molecule has 0 bridgehead atoms. The molecule has 2 N–H and O–H groups in total. The lowest BCUT2D eigenvalue weighted by Crippen LogP contribution is -2.53. The van der Waals surface area contributed by atoms with Crippen LogP contribution in [-0.4, -0.2) is 71.3 Å². The fourth-order valence-corrected chi connectivity index (χ4v) is 4.81. The molecule has 3 heterocycles. The van der Waals surface area contributed by atoms with Crippen LogP contribution >= 0.6 is 0 Å². The van der Waals surface area contributed by atoms with Gasteiger partial charge in [-0.25, -0.2) is 14.4 Å². The van der Waals surface area contributed by atoms with Gasteiger partial charge in [0, 0.05) is 31.4 Å². The Morgan fingerprint density at radius 3 is 2.69 bits per heavy atom. The van der Waals surface area contributed by atoms with Crippen molar-refractivity contribution >= 4 is 11.7 Å². The molecule has 0 saturated carbocycles. The monoisotopic (exact) mass is 441 g/mol. The Morgan fingerprint density at radius 1 is 1.19 bits per heavy atom. The molecule has 0 spiro atoms. The highest BCUT2D eigenvalue weighted by molar-refractivity contribution is 5.83. The SMILES string of the molecule is Cc1cc(N2CC[C@@](O)(CNC(=O)C3(Cc4cccc(F)c4)CCN(C)CC3)C2)ncn1. The van der Waals surface area contributed by atoms with Gasteiger partial charge in [-0.3, -0.25) is 4.79 Å². The number of anilines is 1. The molecule has 7 nitrogen and oxygen atoms in total. The van der Waals surface area contributed by atoms with Gasteiger partial charge in [-0.2, -0.15) is 0 Å². The molecule has 2 saturated heterocycles. The number of piperidine rings is 1. The highest BCUT2D eigenvalue weighted by Gasteiger charge is 2.43. The molecule has 1 aromatic carbocycles. The van der Waals surface area contributed by atoms with E-state index in [9.17, 15) is 14.3 Å². The minimum absolute atomic E-state index is 0.0559. The molecule has 0 aliphatic carbocycles. The van der Waals surface area contributed by atoms with E-state index in [2.05, 4.69) is 27.2 Å². The zero-order valence-electron chi connectivity index (χ0n) is 18.9. The summed E-state index contributed by atoms with van der Waals surface area (Å²) in [5.74, 6) is 0.448. The highest BCUT2D eigenvalue weighted by Crippen LogP contribution is 2.36. The summed E-state index contributed by atoms with van der Waals surface area (Å²) in [4.78, 5) is 26.1. The molecule has 32 heavy (non-hydrogen) atoms. The van der Waals surface area contributed by atoms with Crippen LogP contribution in [-0.2, 0) is 11.2 Å². The molecule has 2 aliphatic heterocycles. The lowest BCUT2D eigenvalue weighted by atomic mass is 9.73. The zero-order valence-corrected chi connectivity index (χ0v) is 18.9. The number of carbonyl (C=O) groups excluding carboxylic acids is 1. The molecule has 0 unspecified atom stereocenters. The molecule has 1 atom stereocenters. The number of likely N-dealkylation sites (tertiary alicyclic amines) is 1. The van der Waals surface area contributed by atoms with Crippen molar-refractivity contribution in [3.8, 4) is 0 Å². The van der Waals surface area contributed by atoms with Crippen LogP contribution in [0, 0.1) is 18.2 Å². The summed E-state index contributed by atoms with van der Waals surface area (Å²) < 4.78 is 13.8. The normalized spacial score (nSPS) is 23.3. The highest BCUT2D eigenvalue weighted by atomic mass is 19.1. The van der Waals surface area contributed by atoms with Crippen molar-refractivity contribution in [2.75, 3.05) is 44.7 Å². The van der Waals surface area contributed by atoms with Gasteiger partial charge in [-0.05, 0) is 70.4 Å². The van der Waals surface area contributed by atoms with Gasteiger partial charge < -0.3 is 20.2 Å². The summed E-state index contributed by atoms with van der Waals surface area (Å²) in [6, 6.07) is 8.40. The smallest absolute Gasteiger partial charge is 0.226 e. The molecular weight excluding hydrogens is 409 g/mol. The number of rotatable bonds is 6. The van der Waals surface area contributed by atoms with Crippen LogP contribution in [0.5, 0.6) is 0 Å². The predicted molar refractivity (Wildman–Crippen MR) is 121 cm³/mol. The van der Waals surface area contributed by atoms with E-state index in [1.54, 1.807) is 6.07 Å². The van der Waals surface area contributed by atoms with E-state index in [1.165, 1.54) is 18.5 Å². The quantitative estimate of drug-likeness (QED) is 0.713. The number of aromatic nitrogens is 2. The van der Waals surface area contributed by atoms with Gasteiger partial charge >= 0.3 is 0 Å². The molecule has 1 amide bonds. The van der Waals surface area contributed by atoms with Crippen molar-refractivity contribution in [1.29, 1.82) is 0 Å². The predicted octanol–water partition coefficient (Wildman–Crippen LogP) is 1.94. The number of carbonyl (C=O) groups is 1. The number of benzene rings is 1. The van der Waals surface area contributed by atoms with Gasteiger partial charge in [0.25, 0.3) is 0 Å². The van der Waals surface area contributed by atoms with Crippen LogP contribution in [0.2, 0.25) is 0 Å². The van der Waals surface area contributed by atoms with Gasteiger partial charge in [0.2, 0.25) is 5.91 Å². The minimum atomic E-state index is -1.01. The maximum absolute atomic E-state index is 13.8. The number of nitrogens with zero attached hydrogens (tertiary/aromatic N) is 4. The molecule has 4 rings (SSSR count). The first-order valence-electron chi connectivity index (χ1n) is 11.2. The first-order chi connectivity index (χ1) is 15.3. The number of β-amino-alcohol motifs (C(OH)–C–C–N with tert-alkyl or cyclic N) is 1. The van der Waals surface area contributed by atoms with Gasteiger partial charge in [0.1, 0.15) is 23.6 Å². The summed E-state index contributed by atoms with van der Waals surface area (Å²) in [5.41, 5.74) is 0.0912. The first kappa shape index (κ1) is 22.6. The lowest BCUT2D eigenvalue weighted by molar-refractivity contribution is -0.134. The largest absolute Gasteiger partial charge is 0.386 e. The molecule has 8 heteroatoms. The standard InChI is InChI=1S/C24H32FN5O2/c1-18-12-21(28-17-27-18)30-11-8-24(32,16-30)15-26-22(31)23(6-9-29(2)10-7-23)14-19-4-3-5-20(25)13-19/h3-5,12-13,17,32H,6-11,14-16H2,1-2H3,(H,26,31)/t24-/m1/s1. The maximum atomic E-state index is 13.8. The Bertz CT molecular complexity index is 963. The third kappa shape index (κ3) is 5.07. The minimum Gasteiger partial charge on any atom is -0.386 e. The topological polar surface area (TPSA) is 81.6 Å². The number of hydrogen-bond donors (Lipinski definition) is 2. The van der Waals surface area contributed by atoms with Crippen LogP contribution in [0.3, 0.4) is 0 Å². The van der Waals surface area contributed by atoms with Crippen molar-refractivity contribution < 1.29 is 14.3 Å². The number of nitrogens with one attached hydrogen (secondary N) is 1. The van der Waals surface area contributed by atoms with Crippen molar-refractivity contribution in [2.45, 2.75) is 38.2 Å². The second-order valence-electron chi connectivity index (χ2n) is 9.49. The Labute approximate surface area is 188 Å². The van der Waals surface area contributed by atoms with Crippen LogP contribution in [0.25, 0.3) is 0 Å². The maximum Gasteiger partial charge on any atom is 0.226 e. The molecule has 2 aliphatic rings. The second kappa shape index (κ2) is 9.11. The summed E-state index contributed by atoms with van der Waals surface area (Å²) in [6.45, 7) is 4.80. The average Bonchev–Trinajstić information content (AvgIpc) is 3.16. The van der Waals surface area contributed by atoms with Crippen molar-refractivity contribution in [3.63, 3.8) is 0 Å². The van der Waals surface area contributed by atoms with Crippen LogP contribution in [0.15, 0.2) is 36.7 Å². The van der Waals surface area contributed by atoms with Crippen LogP contribution in [0.1, 0.15) is 30.5 Å². The number of amides is 1. The van der Waals surface area contributed by atoms with Gasteiger partial charge in [0.15, 0.2) is 0 Å². The fourth-order valence-electron chi connectivity index (χ4n) is 4.81. The van der Waals surface area contributed by atoms with Gasteiger partial charge in [-0.15, -0.1) is 0 Å².